The van der Waals surface area contributed by atoms with Crippen LogP contribution in [0, 0.1) is 29.0 Å². The molecule has 0 unspecified atom stereocenters. The number of nitrogens with zero attached hydrogens (tertiary/aromatic N) is 1. The molecular weight excluding hydrogens is 509 g/mol. The molecule has 0 saturated heterocycles. The van der Waals surface area contributed by atoms with Crippen molar-refractivity contribution in [2.24, 2.45) is 11.8 Å². The van der Waals surface area contributed by atoms with Crippen LogP contribution in [-0.2, 0) is 16.0 Å². The summed E-state index contributed by atoms with van der Waals surface area (Å²) in [6.45, 7) is 0. The highest BCUT2D eigenvalue weighted by atomic mass is 35.5. The number of ketones is 2. The SMILES string of the molecule is COc1cccc2[nH]c(C(=O)C[C@@H](CC3CC3)C(=O)N[C@H](C#N)C[C@H]3C(=O)Cc4c(Cl)ccc(F)c43)cc12. The normalized spacial score (nSPS) is 18.1. The lowest BCUT2D eigenvalue weighted by molar-refractivity contribution is -0.126. The number of halogens is 2. The molecule has 1 amide bonds. The molecule has 2 aliphatic rings. The van der Waals surface area contributed by atoms with Crippen molar-refractivity contribution in [2.75, 3.05) is 7.11 Å². The van der Waals surface area contributed by atoms with E-state index in [1.165, 1.54) is 12.1 Å². The third-order valence-corrected chi connectivity index (χ3v) is 7.89. The van der Waals surface area contributed by atoms with Gasteiger partial charge >= 0.3 is 0 Å². The Balaban J connectivity index is 1.30. The van der Waals surface area contributed by atoms with Gasteiger partial charge in [-0.05, 0) is 54.7 Å². The number of carbonyl (C=O) groups is 3. The number of nitrogens with one attached hydrogen (secondary N) is 2. The van der Waals surface area contributed by atoms with Crippen LogP contribution in [0.15, 0.2) is 36.4 Å². The highest BCUT2D eigenvalue weighted by Crippen LogP contribution is 2.40. The first-order valence-corrected chi connectivity index (χ1v) is 13.0. The number of amides is 1. The summed E-state index contributed by atoms with van der Waals surface area (Å²) in [6.07, 6.45) is 2.45. The number of benzene rings is 2. The third-order valence-electron chi connectivity index (χ3n) is 7.54. The zero-order chi connectivity index (χ0) is 27.0. The monoisotopic (exact) mass is 535 g/mol. The van der Waals surface area contributed by atoms with E-state index in [1.54, 1.807) is 13.2 Å². The quantitative estimate of drug-likeness (QED) is 0.344. The number of Topliss-reactive ketones (excluding diaryl/α,β-unsaturated/α-hetero) is 2. The Morgan fingerprint density at radius 1 is 1.26 bits per heavy atom. The minimum Gasteiger partial charge on any atom is -0.496 e. The molecule has 1 aromatic heterocycles. The van der Waals surface area contributed by atoms with E-state index in [-0.39, 0.29) is 36.4 Å². The van der Waals surface area contributed by atoms with Gasteiger partial charge in [0.15, 0.2) is 5.78 Å². The van der Waals surface area contributed by atoms with Gasteiger partial charge in [0.05, 0.1) is 18.9 Å². The Kier molecular flexibility index (Phi) is 7.22. The van der Waals surface area contributed by atoms with E-state index in [9.17, 15) is 24.0 Å². The second-order valence-electron chi connectivity index (χ2n) is 10.2. The molecule has 2 N–H and O–H groups in total. The number of methoxy groups -OCH3 is 1. The molecule has 7 nitrogen and oxygen atoms in total. The number of aromatic amines is 1. The maximum Gasteiger partial charge on any atom is 0.224 e. The number of aromatic nitrogens is 1. The predicted octanol–water partition coefficient (Wildman–Crippen LogP) is 5.27. The Morgan fingerprint density at radius 3 is 2.76 bits per heavy atom. The van der Waals surface area contributed by atoms with Gasteiger partial charge in [0.1, 0.15) is 23.4 Å². The minimum atomic E-state index is -1.02. The highest BCUT2D eigenvalue weighted by Gasteiger charge is 2.38. The van der Waals surface area contributed by atoms with Crippen LogP contribution >= 0.6 is 11.6 Å². The van der Waals surface area contributed by atoms with E-state index in [0.29, 0.717) is 34.4 Å². The van der Waals surface area contributed by atoms with Gasteiger partial charge in [0, 0.05) is 46.2 Å². The lowest BCUT2D eigenvalue weighted by atomic mass is 9.91. The van der Waals surface area contributed by atoms with Gasteiger partial charge in [-0.3, -0.25) is 14.4 Å². The summed E-state index contributed by atoms with van der Waals surface area (Å²) in [6, 6.07) is 10.9. The topological polar surface area (TPSA) is 112 Å². The predicted molar refractivity (Wildman–Crippen MR) is 140 cm³/mol. The maximum atomic E-state index is 14.6. The molecule has 0 spiro atoms. The molecule has 0 radical (unpaired) electrons. The van der Waals surface area contributed by atoms with Gasteiger partial charge in [-0.15, -0.1) is 0 Å². The van der Waals surface area contributed by atoms with Crippen molar-refractivity contribution in [3.8, 4) is 11.8 Å². The van der Waals surface area contributed by atoms with Crippen molar-refractivity contribution < 1.29 is 23.5 Å². The van der Waals surface area contributed by atoms with Crippen LogP contribution in [0.5, 0.6) is 5.75 Å². The Morgan fingerprint density at radius 2 is 2.05 bits per heavy atom. The number of nitriles is 1. The van der Waals surface area contributed by atoms with Crippen LogP contribution in [0.4, 0.5) is 4.39 Å². The van der Waals surface area contributed by atoms with Crippen molar-refractivity contribution in [3.63, 3.8) is 0 Å². The van der Waals surface area contributed by atoms with Gasteiger partial charge in [-0.2, -0.15) is 5.26 Å². The van der Waals surface area contributed by atoms with Crippen LogP contribution in [-0.4, -0.2) is 35.6 Å². The standard InChI is InChI=1S/C29H27ClFN3O4/c1-38-27-4-2-3-23-19(27)12-24(34-23)26(36)10-16(9-15-5-6-15)29(37)33-17(14-32)11-20-25(35)13-18-21(30)7-8-22(31)28(18)20/h2-4,7-8,12,15-17,20,34H,5-6,9-11,13H2,1H3,(H,33,37)/t16-,17+,20+/m1/s1. The van der Waals surface area contributed by atoms with Gasteiger partial charge in [-0.1, -0.05) is 30.5 Å². The molecule has 2 aliphatic carbocycles. The smallest absolute Gasteiger partial charge is 0.224 e. The summed E-state index contributed by atoms with van der Waals surface area (Å²) in [5, 5.41) is 13.6. The molecule has 1 heterocycles. The molecule has 0 aliphatic heterocycles. The summed E-state index contributed by atoms with van der Waals surface area (Å²) in [4.78, 5) is 42.3. The Bertz CT molecular complexity index is 1470. The van der Waals surface area contributed by atoms with E-state index < -0.39 is 29.6 Å². The molecule has 2 aromatic carbocycles. The van der Waals surface area contributed by atoms with Gasteiger partial charge < -0.3 is 15.0 Å². The minimum absolute atomic E-state index is 0.00319. The average Bonchev–Trinajstić information content (AvgIpc) is 3.51. The molecule has 9 heteroatoms. The van der Waals surface area contributed by atoms with Gasteiger partial charge in [0.2, 0.25) is 5.91 Å². The molecule has 1 saturated carbocycles. The van der Waals surface area contributed by atoms with Crippen molar-refractivity contribution >= 4 is 40.0 Å². The molecule has 1 fully saturated rings. The number of fused-ring (bicyclic) bond motifs is 2. The first-order chi connectivity index (χ1) is 18.3. The van der Waals surface area contributed by atoms with E-state index >= 15 is 0 Å². The molecule has 3 aromatic rings. The van der Waals surface area contributed by atoms with Crippen LogP contribution in [0.1, 0.15) is 59.6 Å². The maximum absolute atomic E-state index is 14.6. The summed E-state index contributed by atoms with van der Waals surface area (Å²) in [5.41, 5.74) is 1.79. The van der Waals surface area contributed by atoms with Crippen molar-refractivity contribution in [1.82, 2.24) is 10.3 Å². The molecule has 196 valence electrons. The number of rotatable bonds is 10. The Labute approximate surface area is 224 Å². The zero-order valence-corrected chi connectivity index (χ0v) is 21.6. The van der Waals surface area contributed by atoms with Crippen LogP contribution < -0.4 is 10.1 Å². The summed E-state index contributed by atoms with van der Waals surface area (Å²) in [7, 11) is 1.56. The van der Waals surface area contributed by atoms with E-state index in [2.05, 4.69) is 10.3 Å². The first kappa shape index (κ1) is 25.9. The second-order valence-corrected chi connectivity index (χ2v) is 10.6. The van der Waals surface area contributed by atoms with Crippen molar-refractivity contribution in [3.05, 3.63) is 64.1 Å². The summed E-state index contributed by atoms with van der Waals surface area (Å²) < 4.78 is 20.0. The Hall–Kier alpha value is -3.70. The summed E-state index contributed by atoms with van der Waals surface area (Å²) >= 11 is 6.17. The van der Waals surface area contributed by atoms with Gasteiger partial charge in [0.25, 0.3) is 0 Å². The molecule has 3 atom stereocenters. The van der Waals surface area contributed by atoms with E-state index in [1.807, 2.05) is 24.3 Å². The number of hydrogen-bond acceptors (Lipinski definition) is 5. The third kappa shape index (κ3) is 5.16. The first-order valence-electron chi connectivity index (χ1n) is 12.7. The molecular formula is C29H27ClFN3O4. The van der Waals surface area contributed by atoms with Crippen molar-refractivity contribution in [2.45, 2.75) is 50.5 Å². The lowest BCUT2D eigenvalue weighted by Gasteiger charge is -2.21. The molecule has 5 rings (SSSR count). The van der Waals surface area contributed by atoms with Crippen LogP contribution in [0.3, 0.4) is 0 Å². The zero-order valence-electron chi connectivity index (χ0n) is 20.9. The number of carbonyl (C=O) groups excluding carboxylic acids is 3. The fourth-order valence-electron chi connectivity index (χ4n) is 5.37. The van der Waals surface area contributed by atoms with E-state index in [4.69, 9.17) is 16.3 Å². The molecule has 38 heavy (non-hydrogen) atoms. The van der Waals surface area contributed by atoms with E-state index in [0.717, 1.165) is 23.7 Å². The fraction of sp³-hybridized carbons (Fsp3) is 0.379. The lowest BCUT2D eigenvalue weighted by Crippen LogP contribution is -2.40. The number of hydrogen-bond donors (Lipinski definition) is 2. The second kappa shape index (κ2) is 10.6. The fourth-order valence-corrected chi connectivity index (χ4v) is 5.60. The molecule has 0 bridgehead atoms. The highest BCUT2D eigenvalue weighted by molar-refractivity contribution is 6.32. The largest absolute Gasteiger partial charge is 0.496 e. The van der Waals surface area contributed by atoms with Crippen LogP contribution in [0.2, 0.25) is 5.02 Å². The van der Waals surface area contributed by atoms with Crippen LogP contribution in [0.25, 0.3) is 10.9 Å². The number of H-pyrrole nitrogens is 1. The summed E-state index contributed by atoms with van der Waals surface area (Å²) in [5.74, 6) is -1.90. The van der Waals surface area contributed by atoms with Gasteiger partial charge in [-0.25, -0.2) is 4.39 Å². The van der Waals surface area contributed by atoms with Crippen molar-refractivity contribution in [1.29, 1.82) is 5.26 Å². The number of ether oxygens (including phenoxy) is 1. The average molecular weight is 536 g/mol.